The minimum Gasteiger partial charge on any atom is -0.504 e. The van der Waals surface area contributed by atoms with E-state index in [4.69, 9.17) is 16.0 Å². The van der Waals surface area contributed by atoms with E-state index in [1.807, 2.05) is 19.2 Å². The van der Waals surface area contributed by atoms with Crippen molar-refractivity contribution in [2.45, 2.75) is 6.42 Å². The quantitative estimate of drug-likeness (QED) is 0.844. The number of phenols is 1. The Morgan fingerprint density at radius 2 is 2.27 bits per heavy atom. The molecule has 0 amide bonds. The first kappa shape index (κ1) is 10.3. The Morgan fingerprint density at radius 3 is 3.00 bits per heavy atom. The van der Waals surface area contributed by atoms with Gasteiger partial charge in [-0.3, -0.25) is 0 Å². The summed E-state index contributed by atoms with van der Waals surface area (Å²) in [5.41, 5.74) is 1.33. The highest BCUT2D eigenvalue weighted by Gasteiger charge is 2.10. The maximum Gasteiger partial charge on any atom is 0.194 e. The standard InChI is InChI=1S/C11H12ClNO2/c1-13-5-4-7-2-3-8-6-9(12)15-11(8)10(7)14/h2-3,6,13-14H,4-5H2,1H3. The molecular weight excluding hydrogens is 214 g/mol. The van der Waals surface area contributed by atoms with Gasteiger partial charge >= 0.3 is 0 Å². The summed E-state index contributed by atoms with van der Waals surface area (Å²) in [6.45, 7) is 0.813. The Morgan fingerprint density at radius 1 is 1.47 bits per heavy atom. The van der Waals surface area contributed by atoms with E-state index in [0.717, 1.165) is 23.9 Å². The molecule has 1 aromatic heterocycles. The zero-order valence-electron chi connectivity index (χ0n) is 8.38. The van der Waals surface area contributed by atoms with Crippen LogP contribution in [0, 0.1) is 0 Å². The molecule has 80 valence electrons. The van der Waals surface area contributed by atoms with E-state index < -0.39 is 0 Å². The molecule has 0 fully saturated rings. The molecule has 0 radical (unpaired) electrons. The van der Waals surface area contributed by atoms with Gasteiger partial charge in [0, 0.05) is 11.5 Å². The van der Waals surface area contributed by atoms with Crippen LogP contribution in [0.2, 0.25) is 5.22 Å². The fraction of sp³-hybridized carbons (Fsp3) is 0.273. The SMILES string of the molecule is CNCCc1ccc2cc(Cl)oc2c1O. The van der Waals surface area contributed by atoms with E-state index >= 15 is 0 Å². The maximum absolute atomic E-state index is 9.91. The first-order chi connectivity index (χ1) is 7.22. The minimum atomic E-state index is 0.189. The average Bonchev–Trinajstić information content (AvgIpc) is 2.59. The van der Waals surface area contributed by atoms with Crippen molar-refractivity contribution < 1.29 is 9.52 Å². The second-order valence-corrected chi connectivity index (χ2v) is 3.77. The highest BCUT2D eigenvalue weighted by molar-refractivity contribution is 6.29. The lowest BCUT2D eigenvalue weighted by Crippen LogP contribution is -2.10. The monoisotopic (exact) mass is 225 g/mol. The number of phenolic OH excluding ortho intramolecular Hbond substituents is 1. The van der Waals surface area contributed by atoms with E-state index in [1.165, 1.54) is 0 Å². The Labute approximate surface area is 92.6 Å². The summed E-state index contributed by atoms with van der Waals surface area (Å²) >= 11 is 5.72. The Balaban J connectivity index is 2.45. The van der Waals surface area contributed by atoms with Crippen LogP contribution in [0.15, 0.2) is 22.6 Å². The topological polar surface area (TPSA) is 45.4 Å². The van der Waals surface area contributed by atoms with Crippen molar-refractivity contribution in [1.82, 2.24) is 5.32 Å². The van der Waals surface area contributed by atoms with Crippen LogP contribution in [0.4, 0.5) is 0 Å². The first-order valence-electron chi connectivity index (χ1n) is 4.77. The number of hydrogen-bond acceptors (Lipinski definition) is 3. The molecule has 1 heterocycles. The zero-order valence-corrected chi connectivity index (χ0v) is 9.14. The van der Waals surface area contributed by atoms with Crippen LogP contribution >= 0.6 is 11.6 Å². The second-order valence-electron chi connectivity index (χ2n) is 3.40. The van der Waals surface area contributed by atoms with Crippen molar-refractivity contribution in [3.8, 4) is 5.75 Å². The van der Waals surface area contributed by atoms with Gasteiger partial charge in [0.1, 0.15) is 0 Å². The summed E-state index contributed by atoms with van der Waals surface area (Å²) in [6.07, 6.45) is 0.761. The lowest BCUT2D eigenvalue weighted by molar-refractivity contribution is 0.458. The number of fused-ring (bicyclic) bond motifs is 1. The number of aromatic hydroxyl groups is 1. The zero-order chi connectivity index (χ0) is 10.8. The molecule has 2 aromatic rings. The van der Waals surface area contributed by atoms with Crippen LogP contribution in [-0.2, 0) is 6.42 Å². The molecule has 0 spiro atoms. The third-order valence-electron chi connectivity index (χ3n) is 2.36. The van der Waals surface area contributed by atoms with Gasteiger partial charge in [-0.25, -0.2) is 0 Å². The Kier molecular flexibility index (Phi) is 2.84. The van der Waals surface area contributed by atoms with Crippen LogP contribution in [0.3, 0.4) is 0 Å². The Hall–Kier alpha value is -1.19. The van der Waals surface area contributed by atoms with Gasteiger partial charge in [-0.15, -0.1) is 0 Å². The van der Waals surface area contributed by atoms with Gasteiger partial charge in [-0.2, -0.15) is 0 Å². The molecule has 0 aliphatic heterocycles. The fourth-order valence-electron chi connectivity index (χ4n) is 1.56. The van der Waals surface area contributed by atoms with Crippen molar-refractivity contribution in [3.63, 3.8) is 0 Å². The molecule has 3 nitrogen and oxygen atoms in total. The molecule has 2 N–H and O–H groups in total. The number of furan rings is 1. The average molecular weight is 226 g/mol. The van der Waals surface area contributed by atoms with Gasteiger partial charge in [0.05, 0.1) is 0 Å². The molecule has 0 saturated carbocycles. The number of benzene rings is 1. The van der Waals surface area contributed by atoms with Crippen molar-refractivity contribution in [1.29, 1.82) is 0 Å². The van der Waals surface area contributed by atoms with Crippen LogP contribution in [0.25, 0.3) is 11.0 Å². The van der Waals surface area contributed by atoms with Crippen molar-refractivity contribution in [3.05, 3.63) is 29.0 Å². The van der Waals surface area contributed by atoms with E-state index in [2.05, 4.69) is 5.32 Å². The van der Waals surface area contributed by atoms with Gasteiger partial charge < -0.3 is 14.8 Å². The molecule has 0 saturated heterocycles. The minimum absolute atomic E-state index is 0.189. The van der Waals surface area contributed by atoms with Gasteiger partial charge in [0.25, 0.3) is 0 Å². The molecule has 2 rings (SSSR count). The second kappa shape index (κ2) is 4.13. The number of halogens is 1. The summed E-state index contributed by atoms with van der Waals surface area (Å²) in [4.78, 5) is 0. The highest BCUT2D eigenvalue weighted by atomic mass is 35.5. The molecule has 0 aliphatic carbocycles. The summed E-state index contributed by atoms with van der Waals surface area (Å²) in [6, 6.07) is 5.48. The Bertz CT molecular complexity index is 479. The predicted molar refractivity (Wildman–Crippen MR) is 60.5 cm³/mol. The summed E-state index contributed by atoms with van der Waals surface area (Å²) in [5, 5.41) is 14.1. The summed E-state index contributed by atoms with van der Waals surface area (Å²) in [7, 11) is 1.87. The van der Waals surface area contributed by atoms with Crippen LogP contribution < -0.4 is 5.32 Å². The predicted octanol–water partition coefficient (Wildman–Crippen LogP) is 2.55. The molecule has 15 heavy (non-hydrogen) atoms. The van der Waals surface area contributed by atoms with Gasteiger partial charge in [-0.05, 0) is 37.2 Å². The maximum atomic E-state index is 9.91. The van der Waals surface area contributed by atoms with Crippen LogP contribution in [0.1, 0.15) is 5.56 Å². The smallest absolute Gasteiger partial charge is 0.194 e. The molecule has 0 bridgehead atoms. The summed E-state index contributed by atoms with van der Waals surface area (Å²) < 4.78 is 5.21. The molecule has 4 heteroatoms. The number of rotatable bonds is 3. The van der Waals surface area contributed by atoms with Crippen LogP contribution in [0.5, 0.6) is 5.75 Å². The largest absolute Gasteiger partial charge is 0.504 e. The van der Waals surface area contributed by atoms with Gasteiger partial charge in [0.2, 0.25) is 0 Å². The van der Waals surface area contributed by atoms with Crippen molar-refractivity contribution >= 4 is 22.6 Å². The first-order valence-corrected chi connectivity index (χ1v) is 5.14. The van der Waals surface area contributed by atoms with Crippen molar-refractivity contribution in [2.24, 2.45) is 0 Å². The van der Waals surface area contributed by atoms with Crippen molar-refractivity contribution in [2.75, 3.05) is 13.6 Å². The third kappa shape index (κ3) is 1.94. The van der Waals surface area contributed by atoms with E-state index in [1.54, 1.807) is 6.07 Å². The molecule has 0 aliphatic rings. The van der Waals surface area contributed by atoms with Crippen LogP contribution in [-0.4, -0.2) is 18.7 Å². The number of likely N-dealkylation sites (N-methyl/N-ethyl adjacent to an activating group) is 1. The molecule has 0 atom stereocenters. The molecule has 1 aromatic carbocycles. The normalized spacial score (nSPS) is 11.1. The van der Waals surface area contributed by atoms with E-state index in [0.29, 0.717) is 10.8 Å². The molecular formula is C11H12ClNO2. The molecule has 0 unspecified atom stereocenters. The highest BCUT2D eigenvalue weighted by Crippen LogP contribution is 2.33. The van der Waals surface area contributed by atoms with Gasteiger partial charge in [-0.1, -0.05) is 12.1 Å². The fourth-order valence-corrected chi connectivity index (χ4v) is 1.75. The van der Waals surface area contributed by atoms with Gasteiger partial charge in [0.15, 0.2) is 16.6 Å². The lowest BCUT2D eigenvalue weighted by atomic mass is 10.1. The van der Waals surface area contributed by atoms with E-state index in [9.17, 15) is 5.11 Å². The number of nitrogens with one attached hydrogen (secondary N) is 1. The van der Waals surface area contributed by atoms with E-state index in [-0.39, 0.29) is 5.75 Å². The third-order valence-corrected chi connectivity index (χ3v) is 2.54. The summed E-state index contributed by atoms with van der Waals surface area (Å²) in [5.74, 6) is 0.189. The lowest BCUT2D eigenvalue weighted by Gasteiger charge is -2.03. The number of hydrogen-bond donors (Lipinski definition) is 2.